The van der Waals surface area contributed by atoms with E-state index in [1.54, 1.807) is 36.4 Å². The molecule has 0 saturated carbocycles. The number of hydrogen-bond donors (Lipinski definition) is 2. The van der Waals surface area contributed by atoms with Gasteiger partial charge in [-0.25, -0.2) is 0 Å². The van der Waals surface area contributed by atoms with Gasteiger partial charge in [0.15, 0.2) is 5.78 Å². The van der Waals surface area contributed by atoms with Crippen LogP contribution in [-0.4, -0.2) is 41.2 Å². The Bertz CT molecular complexity index is 785. The summed E-state index contributed by atoms with van der Waals surface area (Å²) in [5.74, 6) is -0.281. The predicted molar refractivity (Wildman–Crippen MR) is 91.8 cm³/mol. The number of anilines is 1. The molecule has 130 valence electrons. The first kappa shape index (κ1) is 17.1. The molecular weight excluding hydrogens is 324 g/mol. The number of rotatable bonds is 6. The van der Waals surface area contributed by atoms with E-state index >= 15 is 0 Å². The number of aliphatic hydroxyl groups excluding tert-OH is 1. The Morgan fingerprint density at radius 2 is 2.00 bits per heavy atom. The van der Waals surface area contributed by atoms with Gasteiger partial charge in [-0.3, -0.25) is 14.9 Å². The molecule has 7 heteroatoms. The fourth-order valence-corrected chi connectivity index (χ4v) is 2.84. The molecule has 0 unspecified atom stereocenters. The lowest BCUT2D eigenvalue weighted by atomic mass is 9.98. The van der Waals surface area contributed by atoms with Crippen LogP contribution in [0.15, 0.2) is 48.5 Å². The molecule has 1 heterocycles. The third-order valence-corrected chi connectivity index (χ3v) is 4.30. The second kappa shape index (κ2) is 7.00. The van der Waals surface area contributed by atoms with Gasteiger partial charge in [-0.1, -0.05) is 30.3 Å². The summed E-state index contributed by atoms with van der Waals surface area (Å²) >= 11 is 0. The number of carbonyl (C=O) groups is 1. The third kappa shape index (κ3) is 3.52. The number of carbonyl (C=O) groups excluding carboxylic acids is 1. The number of ether oxygens (including phenoxy) is 1. The summed E-state index contributed by atoms with van der Waals surface area (Å²) in [6.45, 7) is 0.548. The van der Waals surface area contributed by atoms with Crippen LogP contribution in [0.2, 0.25) is 0 Å². The molecule has 25 heavy (non-hydrogen) atoms. The molecule has 0 spiro atoms. The highest BCUT2D eigenvalue weighted by Crippen LogP contribution is 2.32. The van der Waals surface area contributed by atoms with E-state index in [-0.39, 0.29) is 35.9 Å². The molecule has 0 bridgehead atoms. The Morgan fingerprint density at radius 1 is 1.24 bits per heavy atom. The Morgan fingerprint density at radius 3 is 2.60 bits per heavy atom. The average molecular weight is 342 g/mol. The number of hydrogen-bond acceptors (Lipinski definition) is 6. The van der Waals surface area contributed by atoms with E-state index in [0.29, 0.717) is 18.6 Å². The quantitative estimate of drug-likeness (QED) is 0.475. The molecule has 0 radical (unpaired) electrons. The van der Waals surface area contributed by atoms with Crippen LogP contribution in [0.4, 0.5) is 11.4 Å². The molecule has 2 aromatic rings. The lowest BCUT2D eigenvalue weighted by Crippen LogP contribution is -2.42. The van der Waals surface area contributed by atoms with E-state index in [1.807, 2.05) is 0 Å². The topological polar surface area (TPSA) is 102 Å². The van der Waals surface area contributed by atoms with Crippen molar-refractivity contribution in [1.29, 1.82) is 0 Å². The summed E-state index contributed by atoms with van der Waals surface area (Å²) in [5, 5.41) is 24.1. The minimum Gasteiger partial charge on any atom is -0.394 e. The van der Waals surface area contributed by atoms with Crippen molar-refractivity contribution in [1.82, 2.24) is 0 Å². The number of nitrogens with one attached hydrogen (secondary N) is 1. The molecule has 7 nitrogen and oxygen atoms in total. The Balaban J connectivity index is 1.93. The zero-order valence-electron chi connectivity index (χ0n) is 13.5. The van der Waals surface area contributed by atoms with Gasteiger partial charge in [-0.05, 0) is 18.6 Å². The fourth-order valence-electron chi connectivity index (χ4n) is 2.84. The lowest BCUT2D eigenvalue weighted by Gasteiger charge is -2.27. The number of nitrogens with zero attached hydrogens (tertiary/aromatic N) is 1. The van der Waals surface area contributed by atoms with Crippen LogP contribution in [0.3, 0.4) is 0 Å². The van der Waals surface area contributed by atoms with Crippen LogP contribution in [0.5, 0.6) is 0 Å². The second-order valence-electron chi connectivity index (χ2n) is 6.05. The van der Waals surface area contributed by atoms with Gasteiger partial charge >= 0.3 is 0 Å². The summed E-state index contributed by atoms with van der Waals surface area (Å²) in [7, 11) is 0. The van der Waals surface area contributed by atoms with Crippen molar-refractivity contribution in [2.45, 2.75) is 12.0 Å². The van der Waals surface area contributed by atoms with E-state index in [2.05, 4.69) is 5.32 Å². The normalized spacial score (nSPS) is 19.6. The maximum absolute atomic E-state index is 12.5. The van der Waals surface area contributed by atoms with E-state index in [9.17, 15) is 20.0 Å². The maximum Gasteiger partial charge on any atom is 0.293 e. The van der Waals surface area contributed by atoms with Gasteiger partial charge in [0, 0.05) is 23.8 Å². The van der Waals surface area contributed by atoms with Crippen molar-refractivity contribution in [3.63, 3.8) is 0 Å². The van der Waals surface area contributed by atoms with Crippen LogP contribution in [0.25, 0.3) is 0 Å². The van der Waals surface area contributed by atoms with Gasteiger partial charge in [0.25, 0.3) is 5.69 Å². The molecule has 1 aliphatic heterocycles. The van der Waals surface area contributed by atoms with Crippen LogP contribution >= 0.6 is 0 Å². The molecule has 2 aromatic carbocycles. The zero-order valence-corrected chi connectivity index (χ0v) is 13.5. The second-order valence-corrected chi connectivity index (χ2v) is 6.05. The van der Waals surface area contributed by atoms with Crippen LogP contribution in [0.1, 0.15) is 22.3 Å². The van der Waals surface area contributed by atoms with E-state index in [1.165, 1.54) is 12.1 Å². The highest BCUT2D eigenvalue weighted by Gasteiger charge is 2.36. The molecule has 1 saturated heterocycles. The molecule has 1 atom stereocenters. The Labute approximate surface area is 144 Å². The number of aliphatic hydroxyl groups is 1. The van der Waals surface area contributed by atoms with Gasteiger partial charge in [-0.15, -0.1) is 0 Å². The third-order valence-electron chi connectivity index (χ3n) is 4.30. The molecule has 2 N–H and O–H groups in total. The predicted octanol–water partition coefficient (Wildman–Crippen LogP) is 2.39. The van der Waals surface area contributed by atoms with Crippen molar-refractivity contribution >= 4 is 17.2 Å². The first-order valence-corrected chi connectivity index (χ1v) is 7.90. The average Bonchev–Trinajstić information content (AvgIpc) is 3.11. The van der Waals surface area contributed by atoms with Crippen molar-refractivity contribution in [3.05, 3.63) is 69.8 Å². The number of nitro groups is 1. The summed E-state index contributed by atoms with van der Waals surface area (Å²) in [4.78, 5) is 23.4. The lowest BCUT2D eigenvalue weighted by molar-refractivity contribution is -0.384. The highest BCUT2D eigenvalue weighted by atomic mass is 16.6. The van der Waals surface area contributed by atoms with Crippen molar-refractivity contribution in [2.24, 2.45) is 0 Å². The minimum absolute atomic E-state index is 0.200. The molecule has 3 rings (SSSR count). The van der Waals surface area contributed by atoms with Crippen molar-refractivity contribution in [2.75, 3.05) is 25.1 Å². The molecule has 0 aromatic heterocycles. The summed E-state index contributed by atoms with van der Waals surface area (Å²) in [6.07, 6.45) is 0.547. The van der Waals surface area contributed by atoms with Gasteiger partial charge in [-0.2, -0.15) is 0 Å². The van der Waals surface area contributed by atoms with Gasteiger partial charge in [0.2, 0.25) is 0 Å². The number of ketones is 1. The van der Waals surface area contributed by atoms with Crippen LogP contribution in [0, 0.1) is 10.1 Å². The number of benzene rings is 2. The Hall–Kier alpha value is -2.77. The standard InChI is InChI=1S/C18H18N2O5/c21-11-18(8-9-25-12-18)19-15-7-6-14(10-16(15)20(23)24)17(22)13-4-2-1-3-5-13/h1-7,10,19,21H,8-9,11-12H2/t18-/m0/s1. The molecule has 1 fully saturated rings. The van der Waals surface area contributed by atoms with Crippen LogP contribution in [-0.2, 0) is 4.74 Å². The van der Waals surface area contributed by atoms with Gasteiger partial charge in [0.05, 0.1) is 23.7 Å². The summed E-state index contributed by atoms with van der Waals surface area (Å²) in [6, 6.07) is 12.9. The van der Waals surface area contributed by atoms with E-state index in [0.717, 1.165) is 0 Å². The van der Waals surface area contributed by atoms with Gasteiger partial charge < -0.3 is 15.2 Å². The minimum atomic E-state index is -0.740. The van der Waals surface area contributed by atoms with Crippen LogP contribution < -0.4 is 5.32 Å². The van der Waals surface area contributed by atoms with Crippen molar-refractivity contribution < 1.29 is 19.6 Å². The Kier molecular flexibility index (Phi) is 4.78. The number of nitro benzene ring substituents is 1. The molecular formula is C18H18N2O5. The fraction of sp³-hybridized carbons (Fsp3) is 0.278. The molecule has 0 amide bonds. The first-order valence-electron chi connectivity index (χ1n) is 7.90. The summed E-state index contributed by atoms with van der Waals surface area (Å²) in [5.41, 5.74) is 0.0174. The van der Waals surface area contributed by atoms with E-state index < -0.39 is 10.5 Å². The van der Waals surface area contributed by atoms with Gasteiger partial charge in [0.1, 0.15) is 5.69 Å². The summed E-state index contributed by atoms with van der Waals surface area (Å²) < 4.78 is 5.30. The monoisotopic (exact) mass is 342 g/mol. The van der Waals surface area contributed by atoms with Crippen molar-refractivity contribution in [3.8, 4) is 0 Å². The molecule has 1 aliphatic rings. The highest BCUT2D eigenvalue weighted by molar-refractivity contribution is 6.09. The largest absolute Gasteiger partial charge is 0.394 e. The van der Waals surface area contributed by atoms with E-state index in [4.69, 9.17) is 4.74 Å². The maximum atomic E-state index is 12.5. The smallest absolute Gasteiger partial charge is 0.293 e. The zero-order chi connectivity index (χ0) is 17.9. The first-order chi connectivity index (χ1) is 12.0. The SMILES string of the molecule is O=C(c1ccccc1)c1ccc(N[C@]2(CO)CCOC2)c([N+](=O)[O-])c1. The molecule has 0 aliphatic carbocycles.